The molecular weight excluding hydrogens is 250 g/mol. The van der Waals surface area contributed by atoms with Crippen LogP contribution in [0.15, 0.2) is 42.7 Å². The van der Waals surface area contributed by atoms with Crippen LogP contribution in [-0.2, 0) is 13.5 Å². The zero-order valence-electron chi connectivity index (χ0n) is 11.9. The summed E-state index contributed by atoms with van der Waals surface area (Å²) in [7, 11) is 1.98. The Morgan fingerprint density at radius 3 is 2.50 bits per heavy atom. The molecule has 1 N–H and O–H groups in total. The number of hydrogen-bond donors (Lipinski definition) is 1. The van der Waals surface area contributed by atoms with Gasteiger partial charge < -0.3 is 14.6 Å². The predicted octanol–water partition coefficient (Wildman–Crippen LogP) is 1.99. The second kappa shape index (κ2) is 5.29. The van der Waals surface area contributed by atoms with E-state index in [1.165, 1.54) is 5.69 Å². The van der Waals surface area contributed by atoms with Crippen molar-refractivity contribution in [1.29, 1.82) is 0 Å². The highest BCUT2D eigenvalue weighted by Gasteiger charge is 2.33. The summed E-state index contributed by atoms with van der Waals surface area (Å²) in [5, 5.41) is 10.8. The molecule has 0 spiro atoms. The molecule has 0 atom stereocenters. The Kier molecular flexibility index (Phi) is 3.49. The van der Waals surface area contributed by atoms with Crippen LogP contribution in [0.25, 0.3) is 0 Å². The molecule has 1 saturated heterocycles. The number of benzene rings is 1. The summed E-state index contributed by atoms with van der Waals surface area (Å²) in [6.45, 7) is 1.79. The van der Waals surface area contributed by atoms with Gasteiger partial charge in [-0.2, -0.15) is 0 Å². The van der Waals surface area contributed by atoms with Crippen LogP contribution in [0.1, 0.15) is 18.7 Å². The van der Waals surface area contributed by atoms with Gasteiger partial charge in [0.2, 0.25) is 0 Å². The van der Waals surface area contributed by atoms with Crippen molar-refractivity contribution in [3.05, 3.63) is 48.5 Å². The van der Waals surface area contributed by atoms with E-state index >= 15 is 0 Å². The highest BCUT2D eigenvalue weighted by Crippen LogP contribution is 2.28. The zero-order chi connectivity index (χ0) is 14.0. The molecule has 2 heterocycles. The molecule has 0 unspecified atom stereocenters. The van der Waals surface area contributed by atoms with Gasteiger partial charge in [0, 0.05) is 44.6 Å². The van der Waals surface area contributed by atoms with Crippen molar-refractivity contribution >= 4 is 5.69 Å². The third kappa shape index (κ3) is 2.70. The van der Waals surface area contributed by atoms with Gasteiger partial charge in [0.05, 0.1) is 5.60 Å². The van der Waals surface area contributed by atoms with Crippen molar-refractivity contribution in [3.63, 3.8) is 0 Å². The molecule has 1 fully saturated rings. The van der Waals surface area contributed by atoms with Crippen LogP contribution in [-0.4, -0.2) is 33.3 Å². The van der Waals surface area contributed by atoms with Crippen LogP contribution >= 0.6 is 0 Å². The summed E-state index contributed by atoms with van der Waals surface area (Å²) in [6.07, 6.45) is 5.93. The Bertz CT molecular complexity index is 556. The van der Waals surface area contributed by atoms with E-state index in [9.17, 15) is 5.11 Å². The minimum atomic E-state index is -0.621. The normalized spacial score (nSPS) is 18.2. The Balaban J connectivity index is 1.64. The number of aryl methyl sites for hydroxylation is 1. The molecule has 106 valence electrons. The molecule has 1 aromatic carbocycles. The fraction of sp³-hybridized carbons (Fsp3) is 0.438. The third-order valence-corrected chi connectivity index (χ3v) is 4.22. The molecule has 0 bridgehead atoms. The van der Waals surface area contributed by atoms with Crippen molar-refractivity contribution in [3.8, 4) is 0 Å². The summed E-state index contributed by atoms with van der Waals surface area (Å²) in [5.41, 5.74) is 0.622. The van der Waals surface area contributed by atoms with E-state index < -0.39 is 5.60 Å². The summed E-state index contributed by atoms with van der Waals surface area (Å²) in [6, 6.07) is 10.4. The average Bonchev–Trinajstić information content (AvgIpc) is 2.85. The summed E-state index contributed by atoms with van der Waals surface area (Å²) in [4.78, 5) is 6.66. The monoisotopic (exact) mass is 271 g/mol. The number of piperidine rings is 1. The molecule has 0 radical (unpaired) electrons. The van der Waals surface area contributed by atoms with Gasteiger partial charge in [0.1, 0.15) is 5.82 Å². The van der Waals surface area contributed by atoms with Crippen molar-refractivity contribution in [2.75, 3.05) is 18.0 Å². The quantitative estimate of drug-likeness (QED) is 0.928. The predicted molar refractivity (Wildman–Crippen MR) is 79.8 cm³/mol. The van der Waals surface area contributed by atoms with Gasteiger partial charge in [0.25, 0.3) is 0 Å². The van der Waals surface area contributed by atoms with Crippen molar-refractivity contribution in [2.24, 2.45) is 7.05 Å². The van der Waals surface area contributed by atoms with E-state index in [4.69, 9.17) is 0 Å². The molecule has 20 heavy (non-hydrogen) atoms. The minimum Gasteiger partial charge on any atom is -0.389 e. The van der Waals surface area contributed by atoms with E-state index in [1.807, 2.05) is 23.9 Å². The molecular formula is C16H21N3O. The van der Waals surface area contributed by atoms with Gasteiger partial charge in [0.15, 0.2) is 0 Å². The van der Waals surface area contributed by atoms with Crippen molar-refractivity contribution in [2.45, 2.75) is 24.9 Å². The van der Waals surface area contributed by atoms with E-state index in [0.717, 1.165) is 31.8 Å². The maximum absolute atomic E-state index is 10.8. The van der Waals surface area contributed by atoms with E-state index in [-0.39, 0.29) is 0 Å². The van der Waals surface area contributed by atoms with Crippen molar-refractivity contribution < 1.29 is 5.11 Å². The Morgan fingerprint density at radius 1 is 1.20 bits per heavy atom. The van der Waals surface area contributed by atoms with Crippen LogP contribution in [0.2, 0.25) is 0 Å². The molecule has 2 aromatic rings. The Labute approximate surface area is 119 Å². The van der Waals surface area contributed by atoms with E-state index in [1.54, 1.807) is 6.20 Å². The fourth-order valence-corrected chi connectivity index (χ4v) is 2.86. The first-order valence-corrected chi connectivity index (χ1v) is 7.15. The van der Waals surface area contributed by atoms with Crippen LogP contribution in [0.3, 0.4) is 0 Å². The molecule has 0 saturated carbocycles. The second-order valence-corrected chi connectivity index (χ2v) is 5.68. The first kappa shape index (κ1) is 13.2. The smallest absolute Gasteiger partial charge is 0.111 e. The van der Waals surface area contributed by atoms with Crippen LogP contribution in [0, 0.1) is 0 Å². The van der Waals surface area contributed by atoms with Crippen LogP contribution in [0.4, 0.5) is 5.69 Å². The lowest BCUT2D eigenvalue weighted by Gasteiger charge is -2.39. The second-order valence-electron chi connectivity index (χ2n) is 5.68. The topological polar surface area (TPSA) is 41.3 Å². The SMILES string of the molecule is Cn1ccnc1CC1(O)CCN(c2ccccc2)CC1. The van der Waals surface area contributed by atoms with Crippen LogP contribution < -0.4 is 4.90 Å². The number of hydrogen-bond acceptors (Lipinski definition) is 3. The maximum Gasteiger partial charge on any atom is 0.111 e. The molecule has 1 aliphatic rings. The molecule has 4 nitrogen and oxygen atoms in total. The lowest BCUT2D eigenvalue weighted by Crippen LogP contribution is -2.46. The highest BCUT2D eigenvalue weighted by molar-refractivity contribution is 5.46. The molecule has 1 aliphatic heterocycles. The first-order valence-electron chi connectivity index (χ1n) is 7.15. The highest BCUT2D eigenvalue weighted by atomic mass is 16.3. The molecule has 0 amide bonds. The number of aliphatic hydroxyl groups is 1. The number of para-hydroxylation sites is 1. The Morgan fingerprint density at radius 2 is 1.90 bits per heavy atom. The molecule has 0 aliphatic carbocycles. The van der Waals surface area contributed by atoms with Gasteiger partial charge in [-0.1, -0.05) is 18.2 Å². The molecule has 4 heteroatoms. The van der Waals surface area contributed by atoms with E-state index in [0.29, 0.717) is 6.42 Å². The van der Waals surface area contributed by atoms with Gasteiger partial charge in [-0.05, 0) is 25.0 Å². The largest absolute Gasteiger partial charge is 0.389 e. The molecule has 1 aromatic heterocycles. The number of imidazole rings is 1. The minimum absolute atomic E-state index is 0.621. The summed E-state index contributed by atoms with van der Waals surface area (Å²) < 4.78 is 1.99. The number of rotatable bonds is 3. The van der Waals surface area contributed by atoms with Gasteiger partial charge >= 0.3 is 0 Å². The number of nitrogens with zero attached hydrogens (tertiary/aromatic N) is 3. The van der Waals surface area contributed by atoms with Gasteiger partial charge in [-0.15, -0.1) is 0 Å². The average molecular weight is 271 g/mol. The van der Waals surface area contributed by atoms with Gasteiger partial charge in [-0.3, -0.25) is 0 Å². The van der Waals surface area contributed by atoms with Gasteiger partial charge in [-0.25, -0.2) is 4.98 Å². The number of anilines is 1. The lowest BCUT2D eigenvalue weighted by molar-refractivity contribution is 0.0142. The Hall–Kier alpha value is -1.81. The summed E-state index contributed by atoms with van der Waals surface area (Å²) in [5.74, 6) is 0.959. The third-order valence-electron chi connectivity index (χ3n) is 4.22. The zero-order valence-corrected chi connectivity index (χ0v) is 11.9. The maximum atomic E-state index is 10.8. The van der Waals surface area contributed by atoms with Crippen molar-refractivity contribution in [1.82, 2.24) is 9.55 Å². The first-order chi connectivity index (χ1) is 9.66. The van der Waals surface area contributed by atoms with E-state index in [2.05, 4.69) is 34.1 Å². The number of aromatic nitrogens is 2. The lowest BCUT2D eigenvalue weighted by atomic mass is 9.87. The molecule has 3 rings (SSSR count). The standard InChI is InChI=1S/C16H21N3O/c1-18-12-9-17-15(18)13-16(20)7-10-19(11-8-16)14-5-3-2-4-6-14/h2-6,9,12,20H,7-8,10-11,13H2,1H3. The summed E-state index contributed by atoms with van der Waals surface area (Å²) >= 11 is 0. The van der Waals surface area contributed by atoms with Crippen LogP contribution in [0.5, 0.6) is 0 Å². The fourth-order valence-electron chi connectivity index (χ4n) is 2.86.